The van der Waals surface area contributed by atoms with Gasteiger partial charge in [-0.15, -0.1) is 0 Å². The van der Waals surface area contributed by atoms with E-state index < -0.39 is 0 Å². The van der Waals surface area contributed by atoms with Crippen molar-refractivity contribution in [2.24, 2.45) is 0 Å². The highest BCUT2D eigenvalue weighted by atomic mass is 19.1. The van der Waals surface area contributed by atoms with Gasteiger partial charge in [0.15, 0.2) is 0 Å². The second kappa shape index (κ2) is 5.60. The lowest BCUT2D eigenvalue weighted by Crippen LogP contribution is -2.25. The average Bonchev–Trinajstić information content (AvgIpc) is 2.82. The van der Waals surface area contributed by atoms with E-state index in [4.69, 9.17) is 0 Å². The first-order chi connectivity index (χ1) is 10.6. The number of nitrogens with one attached hydrogen (secondary N) is 1. The molecule has 2 aromatic rings. The van der Waals surface area contributed by atoms with Crippen molar-refractivity contribution in [2.45, 2.75) is 13.3 Å². The summed E-state index contributed by atoms with van der Waals surface area (Å²) >= 11 is 0. The average molecular weight is 298 g/mol. The van der Waals surface area contributed by atoms with Crippen LogP contribution in [0.15, 0.2) is 42.5 Å². The van der Waals surface area contributed by atoms with Gasteiger partial charge in [0, 0.05) is 23.5 Å². The fraction of sp³-hybridized carbons (Fsp3) is 0.176. The number of carbonyl (C=O) groups excluding carboxylic acids is 2. The lowest BCUT2D eigenvalue weighted by Gasteiger charge is -2.15. The van der Waals surface area contributed by atoms with Gasteiger partial charge in [-0.3, -0.25) is 9.59 Å². The van der Waals surface area contributed by atoms with E-state index in [1.54, 1.807) is 11.0 Å². The van der Waals surface area contributed by atoms with Gasteiger partial charge in [0.2, 0.25) is 5.91 Å². The number of fused-ring (bicyclic) bond motifs is 1. The van der Waals surface area contributed by atoms with Crippen molar-refractivity contribution < 1.29 is 14.0 Å². The fourth-order valence-corrected chi connectivity index (χ4v) is 2.61. The van der Waals surface area contributed by atoms with Crippen LogP contribution in [0.3, 0.4) is 0 Å². The van der Waals surface area contributed by atoms with Crippen LogP contribution in [0.25, 0.3) is 0 Å². The second-order valence-electron chi connectivity index (χ2n) is 5.12. The molecule has 5 heteroatoms. The monoisotopic (exact) mass is 298 g/mol. The summed E-state index contributed by atoms with van der Waals surface area (Å²) in [6.07, 6.45) is 0.351. The minimum Gasteiger partial charge on any atom is -0.322 e. The molecule has 112 valence electrons. The van der Waals surface area contributed by atoms with Crippen molar-refractivity contribution in [2.75, 3.05) is 16.8 Å². The van der Waals surface area contributed by atoms with Gasteiger partial charge in [-0.1, -0.05) is 0 Å². The molecule has 0 aliphatic carbocycles. The van der Waals surface area contributed by atoms with E-state index in [-0.39, 0.29) is 17.6 Å². The molecule has 0 saturated heterocycles. The summed E-state index contributed by atoms with van der Waals surface area (Å²) in [5.74, 6) is -0.622. The molecule has 22 heavy (non-hydrogen) atoms. The number of amides is 2. The second-order valence-corrected chi connectivity index (χ2v) is 5.12. The molecule has 4 nitrogen and oxygen atoms in total. The van der Waals surface area contributed by atoms with Crippen LogP contribution in [0.1, 0.15) is 22.8 Å². The van der Waals surface area contributed by atoms with Gasteiger partial charge in [0.25, 0.3) is 5.91 Å². The van der Waals surface area contributed by atoms with Crippen molar-refractivity contribution in [3.05, 3.63) is 59.4 Å². The number of hydrogen-bond donors (Lipinski definition) is 1. The van der Waals surface area contributed by atoms with Gasteiger partial charge in [-0.05, 0) is 55.0 Å². The summed E-state index contributed by atoms with van der Waals surface area (Å²) in [7, 11) is 0. The van der Waals surface area contributed by atoms with Crippen LogP contribution in [-0.2, 0) is 11.2 Å². The highest BCUT2D eigenvalue weighted by molar-refractivity contribution is 6.05. The Morgan fingerprint density at radius 2 is 1.95 bits per heavy atom. The Morgan fingerprint density at radius 3 is 2.64 bits per heavy atom. The van der Waals surface area contributed by atoms with Crippen molar-refractivity contribution in [1.82, 2.24) is 0 Å². The summed E-state index contributed by atoms with van der Waals surface area (Å²) < 4.78 is 12.9. The molecule has 0 aromatic heterocycles. The summed E-state index contributed by atoms with van der Waals surface area (Å²) in [5, 5.41) is 2.76. The quantitative estimate of drug-likeness (QED) is 0.947. The number of rotatable bonds is 3. The SMILES string of the molecule is CCN1C(=O)Cc2cc(NC(=O)c3ccc(F)cc3)ccc21. The Bertz CT molecular complexity index is 741. The predicted molar refractivity (Wildman–Crippen MR) is 82.5 cm³/mol. The minimum absolute atomic E-state index is 0.0690. The van der Waals surface area contributed by atoms with Crippen molar-refractivity contribution in [3.63, 3.8) is 0 Å². The third-order valence-electron chi connectivity index (χ3n) is 3.69. The van der Waals surface area contributed by atoms with Gasteiger partial charge < -0.3 is 10.2 Å². The molecule has 3 rings (SSSR count). The molecule has 0 fully saturated rings. The summed E-state index contributed by atoms with van der Waals surface area (Å²) in [6, 6.07) is 10.8. The third-order valence-corrected chi connectivity index (χ3v) is 3.69. The lowest BCUT2D eigenvalue weighted by molar-refractivity contribution is -0.117. The van der Waals surface area contributed by atoms with Gasteiger partial charge >= 0.3 is 0 Å². The van der Waals surface area contributed by atoms with E-state index in [1.165, 1.54) is 24.3 Å². The topological polar surface area (TPSA) is 49.4 Å². The third kappa shape index (κ3) is 2.57. The number of anilines is 2. The van der Waals surface area contributed by atoms with Crippen LogP contribution in [0.5, 0.6) is 0 Å². The largest absolute Gasteiger partial charge is 0.322 e. The fourth-order valence-electron chi connectivity index (χ4n) is 2.61. The van der Waals surface area contributed by atoms with Gasteiger partial charge in [0.1, 0.15) is 5.82 Å². The zero-order valence-corrected chi connectivity index (χ0v) is 12.1. The molecule has 0 bridgehead atoms. The zero-order valence-electron chi connectivity index (χ0n) is 12.1. The number of carbonyl (C=O) groups is 2. The summed E-state index contributed by atoms with van der Waals surface area (Å²) in [6.45, 7) is 2.56. The molecular formula is C17H15FN2O2. The lowest BCUT2D eigenvalue weighted by atomic mass is 10.1. The first kappa shape index (κ1) is 14.3. The van der Waals surface area contributed by atoms with Crippen LogP contribution < -0.4 is 10.2 Å². The van der Waals surface area contributed by atoms with E-state index >= 15 is 0 Å². The maximum absolute atomic E-state index is 12.9. The standard InChI is InChI=1S/C17H15FN2O2/c1-2-20-15-8-7-14(9-12(15)10-16(20)21)19-17(22)11-3-5-13(18)6-4-11/h3-9H,2,10H2,1H3,(H,19,22). The molecule has 0 radical (unpaired) electrons. The normalized spacial score (nSPS) is 13.2. The maximum atomic E-state index is 12.9. The number of halogens is 1. The molecule has 1 aliphatic heterocycles. The Balaban J connectivity index is 1.80. The Labute approximate surface area is 127 Å². The Morgan fingerprint density at radius 1 is 1.23 bits per heavy atom. The van der Waals surface area contributed by atoms with Crippen LogP contribution in [0.4, 0.5) is 15.8 Å². The first-order valence-electron chi connectivity index (χ1n) is 7.08. The summed E-state index contributed by atoms with van der Waals surface area (Å²) in [4.78, 5) is 25.7. The number of hydrogen-bond acceptors (Lipinski definition) is 2. The van der Waals surface area contributed by atoms with E-state index in [2.05, 4.69) is 5.32 Å². The van der Waals surface area contributed by atoms with Crippen LogP contribution >= 0.6 is 0 Å². The smallest absolute Gasteiger partial charge is 0.255 e. The Hall–Kier alpha value is -2.69. The summed E-state index contributed by atoms with van der Waals surface area (Å²) in [5.41, 5.74) is 2.81. The van der Waals surface area contributed by atoms with E-state index in [1.807, 2.05) is 19.1 Å². The van der Waals surface area contributed by atoms with E-state index in [9.17, 15) is 14.0 Å². The maximum Gasteiger partial charge on any atom is 0.255 e. The molecule has 1 N–H and O–H groups in total. The Kier molecular flexibility index (Phi) is 3.63. The van der Waals surface area contributed by atoms with Crippen LogP contribution in [0.2, 0.25) is 0 Å². The predicted octanol–water partition coefficient (Wildman–Crippen LogP) is 2.99. The molecular weight excluding hydrogens is 283 g/mol. The minimum atomic E-state index is -0.382. The van der Waals surface area contributed by atoms with Gasteiger partial charge in [-0.2, -0.15) is 0 Å². The number of likely N-dealkylation sites (N-methyl/N-ethyl adjacent to an activating group) is 1. The first-order valence-corrected chi connectivity index (χ1v) is 7.08. The van der Waals surface area contributed by atoms with E-state index in [0.29, 0.717) is 24.2 Å². The highest BCUT2D eigenvalue weighted by Gasteiger charge is 2.26. The van der Waals surface area contributed by atoms with Crippen molar-refractivity contribution in [3.8, 4) is 0 Å². The van der Waals surface area contributed by atoms with E-state index in [0.717, 1.165) is 11.3 Å². The highest BCUT2D eigenvalue weighted by Crippen LogP contribution is 2.31. The molecule has 0 spiro atoms. The van der Waals surface area contributed by atoms with Crippen molar-refractivity contribution >= 4 is 23.2 Å². The van der Waals surface area contributed by atoms with Crippen LogP contribution in [-0.4, -0.2) is 18.4 Å². The van der Waals surface area contributed by atoms with Gasteiger partial charge in [-0.25, -0.2) is 4.39 Å². The zero-order chi connectivity index (χ0) is 15.7. The molecule has 0 saturated carbocycles. The molecule has 1 heterocycles. The number of nitrogens with zero attached hydrogens (tertiary/aromatic N) is 1. The molecule has 2 aromatic carbocycles. The molecule has 1 aliphatic rings. The molecule has 2 amide bonds. The van der Waals surface area contributed by atoms with Gasteiger partial charge in [0.05, 0.1) is 6.42 Å². The van der Waals surface area contributed by atoms with Crippen LogP contribution in [0, 0.1) is 5.82 Å². The molecule has 0 atom stereocenters. The molecule has 0 unspecified atom stereocenters. The van der Waals surface area contributed by atoms with Crippen molar-refractivity contribution in [1.29, 1.82) is 0 Å². The number of benzene rings is 2.